The molecule has 34 heavy (non-hydrogen) atoms. The van der Waals surface area contributed by atoms with Gasteiger partial charge >= 0.3 is 11.9 Å². The van der Waals surface area contributed by atoms with Crippen LogP contribution in [0.15, 0.2) is 36.4 Å². The fraction of sp³-hybridized carbons (Fsp3) is 0.444. The van der Waals surface area contributed by atoms with Crippen molar-refractivity contribution in [2.45, 2.75) is 64.7 Å². The van der Waals surface area contributed by atoms with Crippen molar-refractivity contribution < 1.29 is 27.8 Å². The van der Waals surface area contributed by atoms with E-state index in [1.807, 2.05) is 0 Å². The van der Waals surface area contributed by atoms with Gasteiger partial charge in [0.15, 0.2) is 11.6 Å². The fourth-order valence-corrected chi connectivity index (χ4v) is 4.26. The summed E-state index contributed by atoms with van der Waals surface area (Å²) >= 11 is 0. The Balaban J connectivity index is 1.49. The zero-order chi connectivity index (χ0) is 24.5. The molecule has 1 saturated carbocycles. The molecule has 0 atom stereocenters. The lowest BCUT2D eigenvalue weighted by Crippen LogP contribution is -2.25. The minimum absolute atomic E-state index is 0.0764. The SMILES string of the molecule is CCCCCCC1CCC(C(=O)Oc2ccc(C(=O)Oc3ccc(C#N)c(F)c3F)cc2)CC1. The van der Waals surface area contributed by atoms with Crippen LogP contribution in [-0.2, 0) is 4.79 Å². The smallest absolute Gasteiger partial charge is 0.343 e. The summed E-state index contributed by atoms with van der Waals surface area (Å²) in [5.41, 5.74) is -0.406. The first-order valence-corrected chi connectivity index (χ1v) is 11.8. The largest absolute Gasteiger partial charge is 0.426 e. The van der Waals surface area contributed by atoms with Gasteiger partial charge in [-0.3, -0.25) is 4.79 Å². The molecule has 0 saturated heterocycles. The number of hydrogen-bond donors (Lipinski definition) is 0. The Bertz CT molecular complexity index is 1040. The van der Waals surface area contributed by atoms with Crippen LogP contribution in [-0.4, -0.2) is 11.9 Å². The topological polar surface area (TPSA) is 76.4 Å². The summed E-state index contributed by atoms with van der Waals surface area (Å²) in [5, 5.41) is 8.72. The lowest BCUT2D eigenvalue weighted by atomic mass is 9.80. The van der Waals surface area contributed by atoms with Crippen LogP contribution in [0.1, 0.15) is 80.6 Å². The second-order valence-electron chi connectivity index (χ2n) is 8.75. The number of rotatable bonds is 9. The molecule has 0 N–H and O–H groups in total. The van der Waals surface area contributed by atoms with E-state index in [9.17, 15) is 18.4 Å². The van der Waals surface area contributed by atoms with E-state index in [0.717, 1.165) is 37.8 Å². The summed E-state index contributed by atoms with van der Waals surface area (Å²) in [6, 6.07) is 9.25. The molecule has 0 amide bonds. The quantitative estimate of drug-likeness (QED) is 0.231. The Hall–Kier alpha value is -3.27. The third-order valence-corrected chi connectivity index (χ3v) is 6.32. The molecule has 7 heteroatoms. The number of carbonyl (C=O) groups excluding carboxylic acids is 2. The van der Waals surface area contributed by atoms with E-state index in [4.69, 9.17) is 14.7 Å². The van der Waals surface area contributed by atoms with Crippen molar-refractivity contribution in [2.75, 3.05) is 0 Å². The van der Waals surface area contributed by atoms with E-state index in [1.54, 1.807) is 0 Å². The highest BCUT2D eigenvalue weighted by Gasteiger charge is 2.27. The van der Waals surface area contributed by atoms with E-state index < -0.39 is 28.9 Å². The van der Waals surface area contributed by atoms with Crippen LogP contribution in [0.4, 0.5) is 8.78 Å². The standard InChI is InChI=1S/C27H29F2NO4/c1-2-3-4-5-6-18-7-9-19(10-8-18)26(31)33-22-14-11-20(12-15-22)27(32)34-23-16-13-21(17-30)24(28)25(23)29/h11-16,18-19H,2-10H2,1H3. The molecule has 2 aromatic carbocycles. The summed E-state index contributed by atoms with van der Waals surface area (Å²) in [4.78, 5) is 24.8. The molecule has 0 heterocycles. The Kier molecular flexibility index (Phi) is 9.15. The molecule has 5 nitrogen and oxygen atoms in total. The Morgan fingerprint density at radius 2 is 1.65 bits per heavy atom. The molecule has 1 fully saturated rings. The normalized spacial score (nSPS) is 17.6. The predicted molar refractivity (Wildman–Crippen MR) is 122 cm³/mol. The highest BCUT2D eigenvalue weighted by Crippen LogP contribution is 2.33. The maximum absolute atomic E-state index is 14.0. The zero-order valence-corrected chi connectivity index (χ0v) is 19.3. The van der Waals surface area contributed by atoms with Crippen molar-refractivity contribution in [3.05, 3.63) is 59.2 Å². The number of esters is 2. The minimum atomic E-state index is -1.41. The Labute approximate surface area is 198 Å². The van der Waals surface area contributed by atoms with Gasteiger partial charge in [-0.15, -0.1) is 0 Å². The zero-order valence-electron chi connectivity index (χ0n) is 19.3. The van der Waals surface area contributed by atoms with Gasteiger partial charge in [-0.25, -0.2) is 9.18 Å². The molecule has 0 spiro atoms. The molecule has 0 radical (unpaired) electrons. The van der Waals surface area contributed by atoms with Gasteiger partial charge in [0.25, 0.3) is 0 Å². The molecule has 1 aliphatic carbocycles. The molecular weight excluding hydrogens is 440 g/mol. The first-order valence-electron chi connectivity index (χ1n) is 11.8. The number of benzene rings is 2. The molecule has 0 aromatic heterocycles. The Morgan fingerprint density at radius 1 is 0.941 bits per heavy atom. The number of ether oxygens (including phenoxy) is 2. The van der Waals surface area contributed by atoms with Crippen LogP contribution in [0, 0.1) is 34.8 Å². The average Bonchev–Trinajstić information content (AvgIpc) is 2.85. The van der Waals surface area contributed by atoms with Crippen molar-refractivity contribution in [1.82, 2.24) is 0 Å². The summed E-state index contributed by atoms with van der Waals surface area (Å²) in [5.74, 6) is -3.69. The van der Waals surface area contributed by atoms with E-state index in [1.165, 1.54) is 62.4 Å². The van der Waals surface area contributed by atoms with Gasteiger partial charge in [-0.1, -0.05) is 39.0 Å². The van der Waals surface area contributed by atoms with E-state index in [2.05, 4.69) is 6.92 Å². The number of nitriles is 1. The summed E-state index contributed by atoms with van der Waals surface area (Å²) in [6.07, 6.45) is 10.0. The lowest BCUT2D eigenvalue weighted by molar-refractivity contribution is -0.140. The van der Waals surface area contributed by atoms with Crippen LogP contribution >= 0.6 is 0 Å². The van der Waals surface area contributed by atoms with Gasteiger partial charge in [0.05, 0.1) is 17.0 Å². The molecule has 3 rings (SSSR count). The summed E-state index contributed by atoms with van der Waals surface area (Å²) in [7, 11) is 0. The predicted octanol–water partition coefficient (Wildman–Crippen LogP) is 6.74. The van der Waals surface area contributed by atoms with Gasteiger partial charge in [0.2, 0.25) is 5.82 Å². The molecule has 1 aliphatic rings. The van der Waals surface area contributed by atoms with Gasteiger partial charge in [-0.2, -0.15) is 9.65 Å². The fourth-order valence-electron chi connectivity index (χ4n) is 4.26. The Morgan fingerprint density at radius 3 is 2.29 bits per heavy atom. The number of nitrogens with zero attached hydrogens (tertiary/aromatic N) is 1. The van der Waals surface area contributed by atoms with Crippen molar-refractivity contribution in [3.63, 3.8) is 0 Å². The van der Waals surface area contributed by atoms with Gasteiger partial charge in [-0.05, 0) is 68.0 Å². The monoisotopic (exact) mass is 469 g/mol. The number of unbranched alkanes of at least 4 members (excludes halogenated alkanes) is 3. The first kappa shape index (κ1) is 25.4. The van der Waals surface area contributed by atoms with Crippen molar-refractivity contribution in [1.29, 1.82) is 5.26 Å². The molecule has 0 aliphatic heterocycles. The van der Waals surface area contributed by atoms with Crippen molar-refractivity contribution >= 4 is 11.9 Å². The molecular formula is C27H29F2NO4. The van der Waals surface area contributed by atoms with E-state index in [-0.39, 0.29) is 17.5 Å². The number of carbonyl (C=O) groups is 2. The van der Waals surface area contributed by atoms with Crippen LogP contribution < -0.4 is 9.47 Å². The second-order valence-corrected chi connectivity index (χ2v) is 8.75. The number of hydrogen-bond acceptors (Lipinski definition) is 5. The van der Waals surface area contributed by atoms with Crippen molar-refractivity contribution in [2.24, 2.45) is 11.8 Å². The van der Waals surface area contributed by atoms with Gasteiger partial charge in [0, 0.05) is 0 Å². The maximum Gasteiger partial charge on any atom is 0.343 e. The molecule has 0 unspecified atom stereocenters. The highest BCUT2D eigenvalue weighted by molar-refractivity contribution is 5.91. The maximum atomic E-state index is 14.0. The average molecular weight is 470 g/mol. The summed E-state index contributed by atoms with van der Waals surface area (Å²) < 4.78 is 38.1. The van der Waals surface area contributed by atoms with Gasteiger partial charge < -0.3 is 9.47 Å². The summed E-state index contributed by atoms with van der Waals surface area (Å²) in [6.45, 7) is 2.21. The van der Waals surface area contributed by atoms with Crippen LogP contribution in [0.3, 0.4) is 0 Å². The minimum Gasteiger partial charge on any atom is -0.426 e. The van der Waals surface area contributed by atoms with E-state index in [0.29, 0.717) is 11.7 Å². The second kappa shape index (κ2) is 12.3. The van der Waals surface area contributed by atoms with Crippen molar-refractivity contribution in [3.8, 4) is 17.6 Å². The molecule has 2 aromatic rings. The highest BCUT2D eigenvalue weighted by atomic mass is 19.2. The first-order chi connectivity index (χ1) is 16.4. The van der Waals surface area contributed by atoms with Crippen LogP contribution in [0.5, 0.6) is 11.5 Å². The molecule has 180 valence electrons. The molecule has 0 bridgehead atoms. The van der Waals surface area contributed by atoms with E-state index >= 15 is 0 Å². The lowest BCUT2D eigenvalue weighted by Gasteiger charge is -2.27. The number of halogens is 2. The third-order valence-electron chi connectivity index (χ3n) is 6.32. The third kappa shape index (κ3) is 6.63. The van der Waals surface area contributed by atoms with Gasteiger partial charge in [0.1, 0.15) is 11.8 Å². The van der Waals surface area contributed by atoms with Crippen LogP contribution in [0.25, 0.3) is 0 Å². The van der Waals surface area contributed by atoms with Crippen LogP contribution in [0.2, 0.25) is 0 Å².